The van der Waals surface area contributed by atoms with Crippen LogP contribution in [0.15, 0.2) is 30.6 Å². The summed E-state index contributed by atoms with van der Waals surface area (Å²) in [6.07, 6.45) is 5.58. The fourth-order valence-electron chi connectivity index (χ4n) is 5.67. The lowest BCUT2D eigenvalue weighted by Gasteiger charge is -2.45. The van der Waals surface area contributed by atoms with Crippen molar-refractivity contribution in [1.82, 2.24) is 24.5 Å². The summed E-state index contributed by atoms with van der Waals surface area (Å²) in [7, 11) is 0. The number of halogens is 3. The van der Waals surface area contributed by atoms with E-state index in [9.17, 15) is 18.4 Å². The number of hydrogen-bond donors (Lipinski definition) is 2. The van der Waals surface area contributed by atoms with Crippen molar-refractivity contribution in [3.8, 4) is 23.1 Å². The number of likely N-dealkylation sites (tertiary alicyclic amines) is 1. The molecule has 2 aliphatic rings. The molecule has 4 N–H and O–H groups in total. The van der Waals surface area contributed by atoms with Crippen molar-refractivity contribution >= 4 is 29.2 Å². The van der Waals surface area contributed by atoms with E-state index in [2.05, 4.69) is 22.0 Å². The molecule has 1 aromatic carbocycles. The molecule has 2 fully saturated rings. The van der Waals surface area contributed by atoms with Crippen LogP contribution in [-0.4, -0.2) is 49.4 Å². The number of aromatic nitrogens is 4. The third-order valence-corrected chi connectivity index (χ3v) is 7.77. The van der Waals surface area contributed by atoms with Gasteiger partial charge < -0.3 is 16.4 Å². The fourth-order valence-corrected chi connectivity index (χ4v) is 5.92. The largest absolute Gasteiger partial charge is 0.383 e. The van der Waals surface area contributed by atoms with Gasteiger partial charge in [-0.05, 0) is 61.3 Å². The van der Waals surface area contributed by atoms with Gasteiger partial charge in [-0.1, -0.05) is 17.5 Å². The Balaban J connectivity index is 1.36. The Morgan fingerprint density at radius 3 is 2.69 bits per heavy atom. The van der Waals surface area contributed by atoms with E-state index < -0.39 is 11.8 Å². The van der Waals surface area contributed by atoms with Crippen molar-refractivity contribution in [3.63, 3.8) is 0 Å². The number of primary amides is 1. The highest BCUT2D eigenvalue weighted by Gasteiger charge is 2.51. The third kappa shape index (κ3) is 5.08. The molecular weight excluding hydrogens is 528 g/mol. The van der Waals surface area contributed by atoms with E-state index >= 15 is 0 Å². The normalized spacial score (nSPS) is 20.5. The number of alkyl halides is 2. The fraction of sp³-hybridized carbons (Fsp3) is 0.407. The van der Waals surface area contributed by atoms with Crippen LogP contribution in [0.1, 0.15) is 60.6 Å². The van der Waals surface area contributed by atoms with Crippen LogP contribution in [0.25, 0.3) is 11.3 Å². The summed E-state index contributed by atoms with van der Waals surface area (Å²) in [4.78, 5) is 26.3. The Labute approximate surface area is 229 Å². The van der Waals surface area contributed by atoms with Crippen molar-refractivity contribution in [2.45, 2.75) is 51.6 Å². The van der Waals surface area contributed by atoms with Crippen molar-refractivity contribution in [1.29, 1.82) is 0 Å². The summed E-state index contributed by atoms with van der Waals surface area (Å²) >= 11 is 6.06. The molecule has 12 heteroatoms. The molecule has 1 saturated carbocycles. The predicted octanol–water partition coefficient (Wildman–Crippen LogP) is 3.82. The summed E-state index contributed by atoms with van der Waals surface area (Å²) in [5.41, 5.74) is 13.3. The van der Waals surface area contributed by atoms with E-state index in [1.807, 2.05) is 0 Å². The Kier molecular flexibility index (Phi) is 6.63. The third-order valence-electron chi connectivity index (χ3n) is 7.55. The van der Waals surface area contributed by atoms with Gasteiger partial charge in [0.05, 0.1) is 18.8 Å². The first-order chi connectivity index (χ1) is 18.4. The number of hydrogen-bond acceptors (Lipinski definition) is 5. The first kappa shape index (κ1) is 26.7. The van der Waals surface area contributed by atoms with Crippen molar-refractivity contribution in [2.24, 2.45) is 11.1 Å². The monoisotopic (exact) mass is 555 g/mol. The zero-order valence-corrected chi connectivity index (χ0v) is 22.3. The summed E-state index contributed by atoms with van der Waals surface area (Å²) in [6.45, 7) is 3.93. The van der Waals surface area contributed by atoms with Gasteiger partial charge in [0.15, 0.2) is 0 Å². The molecule has 9 nitrogen and oxygen atoms in total. The maximum atomic E-state index is 13.9. The zero-order chi connectivity index (χ0) is 28.1. The molecule has 0 atom stereocenters. The summed E-state index contributed by atoms with van der Waals surface area (Å²) in [6, 6.07) is 4.17. The van der Waals surface area contributed by atoms with Gasteiger partial charge in [-0.15, -0.1) is 0 Å². The number of amides is 2. The lowest BCUT2D eigenvalue weighted by Crippen LogP contribution is -2.42. The topological polar surface area (TPSA) is 125 Å². The molecule has 1 aliphatic heterocycles. The first-order valence-corrected chi connectivity index (χ1v) is 12.9. The number of nitrogens with zero attached hydrogens (tertiary/aromatic N) is 5. The van der Waals surface area contributed by atoms with Crippen molar-refractivity contribution in [2.75, 3.05) is 18.8 Å². The number of nitrogens with two attached hydrogens (primary N) is 2. The van der Waals surface area contributed by atoms with Crippen LogP contribution in [0.5, 0.6) is 0 Å². The van der Waals surface area contributed by atoms with Crippen molar-refractivity contribution in [3.05, 3.63) is 52.3 Å². The molecular formula is C27H28ClF2N7O2. The zero-order valence-electron chi connectivity index (χ0n) is 21.5. The Morgan fingerprint density at radius 2 is 2.03 bits per heavy atom. The Morgan fingerprint density at radius 1 is 1.28 bits per heavy atom. The number of nitrogen functional groups attached to an aromatic ring is 1. The SMILES string of the molecule is CC#CC(=O)N1CCC2(CC(n3nc(-c4cnn(Cc5cc(Cl)cc(C(C)(F)F)c5)c4)c(C(N)=O)c3N)C2)C1. The number of anilines is 1. The predicted molar refractivity (Wildman–Crippen MR) is 142 cm³/mol. The van der Waals surface area contributed by atoms with Crippen LogP contribution in [0.2, 0.25) is 5.02 Å². The summed E-state index contributed by atoms with van der Waals surface area (Å²) in [5.74, 6) is 1.52. The molecule has 2 aromatic heterocycles. The van der Waals surface area contributed by atoms with Gasteiger partial charge in [0.2, 0.25) is 0 Å². The summed E-state index contributed by atoms with van der Waals surface area (Å²) in [5, 5.41) is 9.18. The molecule has 2 amide bonds. The van der Waals surface area contributed by atoms with E-state index in [4.69, 9.17) is 23.1 Å². The van der Waals surface area contributed by atoms with E-state index in [-0.39, 0.29) is 45.9 Å². The highest BCUT2D eigenvalue weighted by atomic mass is 35.5. The Hall–Kier alpha value is -3.91. The molecule has 1 aliphatic carbocycles. The smallest absolute Gasteiger partial charge is 0.298 e. The molecule has 5 rings (SSSR count). The van der Waals surface area contributed by atoms with Gasteiger partial charge in [0.1, 0.15) is 17.1 Å². The van der Waals surface area contributed by atoms with Gasteiger partial charge in [-0.3, -0.25) is 14.3 Å². The molecule has 204 valence electrons. The maximum absolute atomic E-state index is 13.9. The van der Waals surface area contributed by atoms with Crippen LogP contribution in [0.4, 0.5) is 14.6 Å². The quantitative estimate of drug-likeness (QED) is 0.447. The van der Waals surface area contributed by atoms with Crippen LogP contribution >= 0.6 is 11.6 Å². The molecule has 39 heavy (non-hydrogen) atoms. The number of carbonyl (C=O) groups is 2. The second-order valence-electron chi connectivity index (χ2n) is 10.5. The molecule has 3 heterocycles. The number of rotatable bonds is 6. The van der Waals surface area contributed by atoms with Crippen molar-refractivity contribution < 1.29 is 18.4 Å². The average Bonchev–Trinajstić information content (AvgIpc) is 3.54. The second kappa shape index (κ2) is 9.68. The van der Waals surface area contributed by atoms with Gasteiger partial charge in [-0.2, -0.15) is 10.2 Å². The molecule has 1 spiro atoms. The van der Waals surface area contributed by atoms with Crippen LogP contribution in [-0.2, 0) is 17.3 Å². The van der Waals surface area contributed by atoms with E-state index in [0.29, 0.717) is 29.9 Å². The molecule has 1 saturated heterocycles. The van der Waals surface area contributed by atoms with Crippen LogP contribution < -0.4 is 11.5 Å². The minimum Gasteiger partial charge on any atom is -0.383 e. The van der Waals surface area contributed by atoms with Gasteiger partial charge in [0, 0.05) is 42.4 Å². The average molecular weight is 556 g/mol. The van der Waals surface area contributed by atoms with Gasteiger partial charge in [0.25, 0.3) is 17.7 Å². The first-order valence-electron chi connectivity index (χ1n) is 12.5. The maximum Gasteiger partial charge on any atom is 0.298 e. The second-order valence-corrected chi connectivity index (χ2v) is 10.9. The van der Waals surface area contributed by atoms with Gasteiger partial charge in [-0.25, -0.2) is 13.5 Å². The molecule has 0 bridgehead atoms. The number of benzene rings is 1. The van der Waals surface area contributed by atoms with E-state index in [1.165, 1.54) is 18.3 Å². The summed E-state index contributed by atoms with van der Waals surface area (Å²) < 4.78 is 30.9. The van der Waals surface area contributed by atoms with Gasteiger partial charge >= 0.3 is 0 Å². The minimum atomic E-state index is -3.04. The van der Waals surface area contributed by atoms with E-state index in [0.717, 1.165) is 26.2 Å². The lowest BCUT2D eigenvalue weighted by molar-refractivity contribution is -0.125. The molecule has 0 unspecified atom stereocenters. The lowest BCUT2D eigenvalue weighted by atomic mass is 9.65. The van der Waals surface area contributed by atoms with Crippen LogP contribution in [0, 0.1) is 17.3 Å². The molecule has 3 aromatic rings. The van der Waals surface area contributed by atoms with Crippen LogP contribution in [0.3, 0.4) is 0 Å². The molecule has 0 radical (unpaired) electrons. The Bertz CT molecular complexity index is 1520. The highest BCUT2D eigenvalue weighted by molar-refractivity contribution is 6.30. The van der Waals surface area contributed by atoms with E-state index in [1.54, 1.807) is 33.5 Å². The number of carbonyl (C=O) groups excluding carboxylic acids is 2. The highest BCUT2D eigenvalue weighted by Crippen LogP contribution is 2.54. The minimum absolute atomic E-state index is 0.0167. The standard InChI is InChI=1S/C27H28ClF2N7O2/c1-3-4-21(38)35-6-5-27(15-35)10-20(11-27)37-24(31)22(25(32)39)23(34-37)17-12-33-36(14-17)13-16-7-18(26(2,29)30)9-19(28)8-16/h7-9,12,14,20H,5-6,10-11,13,15,31H2,1-2H3,(H2,32,39).